The van der Waals surface area contributed by atoms with E-state index < -0.39 is 35.7 Å². The first kappa shape index (κ1) is 39.1. The average Bonchev–Trinajstić information content (AvgIpc) is 2.94. The Kier molecular flexibility index (Phi) is 23.5. The highest BCUT2D eigenvalue weighted by molar-refractivity contribution is 5.69. The Balaban J connectivity index is 4.62. The van der Waals surface area contributed by atoms with E-state index in [1.165, 1.54) is 64.2 Å². The Bertz CT molecular complexity index is 662. The molecule has 41 heavy (non-hydrogen) atoms. The Labute approximate surface area is 251 Å². The summed E-state index contributed by atoms with van der Waals surface area (Å²) in [6.07, 6.45) is 24.8. The number of quaternary nitrogens is 1. The van der Waals surface area contributed by atoms with Crippen molar-refractivity contribution in [2.45, 2.75) is 143 Å². The van der Waals surface area contributed by atoms with Gasteiger partial charge in [0.25, 0.3) is 0 Å². The zero-order chi connectivity index (χ0) is 30.9. The maximum atomic E-state index is 11.5. The first-order valence-corrected chi connectivity index (χ1v) is 16.7. The molecule has 0 spiro atoms. The summed E-state index contributed by atoms with van der Waals surface area (Å²) in [5, 5.41) is 30.2. The summed E-state index contributed by atoms with van der Waals surface area (Å²) in [4.78, 5) is 34.3. The number of nitrogens with zero attached hydrogens (tertiary/aromatic N) is 1. The molecule has 0 heterocycles. The molecule has 0 amide bonds. The van der Waals surface area contributed by atoms with Crippen molar-refractivity contribution in [3.05, 3.63) is 12.2 Å². The zero-order valence-corrected chi connectivity index (χ0v) is 26.9. The number of rotatable bonds is 29. The fourth-order valence-corrected chi connectivity index (χ4v) is 5.31. The summed E-state index contributed by atoms with van der Waals surface area (Å²) in [6, 6.07) is 0. The van der Waals surface area contributed by atoms with Crippen molar-refractivity contribution in [1.29, 1.82) is 0 Å². The highest BCUT2D eigenvalue weighted by Crippen LogP contribution is 2.21. The van der Waals surface area contributed by atoms with E-state index in [0.29, 0.717) is 43.4 Å². The van der Waals surface area contributed by atoms with Gasteiger partial charge in [0.2, 0.25) is 0 Å². The Morgan fingerprint density at radius 3 is 1.34 bits per heavy atom. The maximum Gasteiger partial charge on any atom is 0.306 e. The molecule has 2 N–H and O–H groups in total. The number of allylic oxidation sites excluding steroid dienone is 2. The molecule has 240 valence electrons. The van der Waals surface area contributed by atoms with Crippen molar-refractivity contribution in [2.24, 2.45) is 17.8 Å². The molecule has 0 aliphatic rings. The zero-order valence-electron chi connectivity index (χ0n) is 26.9. The molecule has 7 heteroatoms. The van der Waals surface area contributed by atoms with Crippen LogP contribution in [-0.2, 0) is 14.4 Å². The topological polar surface area (TPSA) is 115 Å². The molecule has 3 unspecified atom stereocenters. The molecule has 0 radical (unpaired) electrons. The van der Waals surface area contributed by atoms with E-state index in [1.807, 2.05) is 0 Å². The number of carbonyl (C=O) groups excluding carboxylic acids is 1. The fourth-order valence-electron chi connectivity index (χ4n) is 5.31. The van der Waals surface area contributed by atoms with Crippen LogP contribution in [-0.4, -0.2) is 58.8 Å². The third kappa shape index (κ3) is 21.5. The molecule has 0 bridgehead atoms. The molecule has 7 nitrogen and oxygen atoms in total. The number of carboxylic acid groups (broad SMARTS) is 3. The SMILES string of the molecule is CCCCCCCCCCC/C=C/CCCCCC[N+](CCC(C)C(=O)[O-])(CCC(C)C(=O)O)CCC(C)C(=O)O. The van der Waals surface area contributed by atoms with Crippen molar-refractivity contribution in [3.63, 3.8) is 0 Å². The highest BCUT2D eigenvalue weighted by atomic mass is 16.4. The van der Waals surface area contributed by atoms with Crippen LogP contribution in [0.25, 0.3) is 0 Å². The number of hydrogen-bond donors (Lipinski definition) is 2. The summed E-state index contributed by atoms with van der Waals surface area (Å²) < 4.78 is 0.575. The van der Waals surface area contributed by atoms with Crippen LogP contribution in [0.2, 0.25) is 0 Å². The normalized spacial score (nSPS) is 15.4. The van der Waals surface area contributed by atoms with Gasteiger partial charge in [0.05, 0.1) is 38.0 Å². The van der Waals surface area contributed by atoms with E-state index in [1.54, 1.807) is 20.8 Å². The molecule has 0 saturated heterocycles. The lowest BCUT2D eigenvalue weighted by Gasteiger charge is -2.41. The highest BCUT2D eigenvalue weighted by Gasteiger charge is 2.30. The monoisotopic (exact) mass is 581 g/mol. The third-order valence-electron chi connectivity index (χ3n) is 8.75. The van der Waals surface area contributed by atoms with E-state index in [0.717, 1.165) is 38.6 Å². The van der Waals surface area contributed by atoms with Gasteiger partial charge in [0.15, 0.2) is 0 Å². The van der Waals surface area contributed by atoms with Crippen molar-refractivity contribution in [2.75, 3.05) is 26.2 Å². The maximum absolute atomic E-state index is 11.5. The van der Waals surface area contributed by atoms with Gasteiger partial charge in [-0.25, -0.2) is 0 Å². The number of hydrogen-bond acceptors (Lipinski definition) is 4. The van der Waals surface area contributed by atoms with Crippen LogP contribution in [0, 0.1) is 17.8 Å². The van der Waals surface area contributed by atoms with E-state index in [2.05, 4.69) is 19.1 Å². The van der Waals surface area contributed by atoms with Crippen LogP contribution >= 0.6 is 0 Å². The molecule has 0 saturated carbocycles. The van der Waals surface area contributed by atoms with Crippen molar-refractivity contribution >= 4 is 17.9 Å². The second-order valence-corrected chi connectivity index (χ2v) is 12.6. The minimum absolute atomic E-state index is 0.439. The van der Waals surface area contributed by atoms with Crippen LogP contribution in [0.15, 0.2) is 12.2 Å². The quantitative estimate of drug-likeness (QED) is 0.0547. The third-order valence-corrected chi connectivity index (χ3v) is 8.75. The van der Waals surface area contributed by atoms with E-state index in [-0.39, 0.29) is 0 Å². The fraction of sp³-hybridized carbons (Fsp3) is 0.853. The number of carbonyl (C=O) groups is 3. The van der Waals surface area contributed by atoms with Crippen LogP contribution in [0.1, 0.15) is 143 Å². The summed E-state index contributed by atoms with van der Waals surface area (Å²) >= 11 is 0. The van der Waals surface area contributed by atoms with Crippen LogP contribution < -0.4 is 5.11 Å². The van der Waals surface area contributed by atoms with Gasteiger partial charge in [-0.15, -0.1) is 0 Å². The van der Waals surface area contributed by atoms with E-state index >= 15 is 0 Å². The van der Waals surface area contributed by atoms with Gasteiger partial charge < -0.3 is 24.6 Å². The first-order chi connectivity index (χ1) is 19.5. The molecular weight excluding hydrogens is 518 g/mol. The summed E-state index contributed by atoms with van der Waals surface area (Å²) in [5.41, 5.74) is 0. The first-order valence-electron chi connectivity index (χ1n) is 16.7. The van der Waals surface area contributed by atoms with Crippen LogP contribution in [0.3, 0.4) is 0 Å². The molecule has 0 aromatic rings. The second-order valence-electron chi connectivity index (χ2n) is 12.6. The molecule has 0 aliphatic carbocycles. The lowest BCUT2D eigenvalue weighted by Crippen LogP contribution is -2.52. The molecule has 3 atom stereocenters. The minimum atomic E-state index is -1.08. The number of carboxylic acids is 3. The predicted molar refractivity (Wildman–Crippen MR) is 165 cm³/mol. The molecule has 0 fully saturated rings. The van der Waals surface area contributed by atoms with Gasteiger partial charge in [-0.05, 0) is 38.5 Å². The lowest BCUT2D eigenvalue weighted by molar-refractivity contribution is -0.929. The number of aliphatic carboxylic acids is 3. The second kappa shape index (κ2) is 24.7. The Hall–Kier alpha value is -1.89. The van der Waals surface area contributed by atoms with E-state index in [4.69, 9.17) is 0 Å². The molecule has 0 aromatic carbocycles. The molecule has 0 aliphatic heterocycles. The average molecular weight is 582 g/mol. The van der Waals surface area contributed by atoms with Gasteiger partial charge in [0.1, 0.15) is 0 Å². The summed E-state index contributed by atoms with van der Waals surface area (Å²) in [5.74, 6) is -4.34. The number of unbranched alkanes of at least 4 members (excludes halogenated alkanes) is 13. The lowest BCUT2D eigenvalue weighted by atomic mass is 10.0. The van der Waals surface area contributed by atoms with Gasteiger partial charge in [-0.2, -0.15) is 0 Å². The smallest absolute Gasteiger partial charge is 0.306 e. The summed E-state index contributed by atoms with van der Waals surface area (Å²) in [7, 11) is 0. The molecular formula is C34H63NO6. The van der Waals surface area contributed by atoms with Gasteiger partial charge in [-0.1, -0.05) is 97.6 Å². The van der Waals surface area contributed by atoms with Crippen LogP contribution in [0.4, 0.5) is 0 Å². The predicted octanol–water partition coefficient (Wildman–Crippen LogP) is 7.23. The largest absolute Gasteiger partial charge is 0.550 e. The molecule has 0 rings (SSSR count). The van der Waals surface area contributed by atoms with Gasteiger partial charge >= 0.3 is 11.9 Å². The standard InChI is InChI=1S/C34H63NO6/c1-5-6-7-8-9-10-11-12-13-14-15-16-17-18-19-20-21-25-35(26-22-29(2)32(36)37,27-23-30(3)33(38)39)28-24-31(4)34(40)41/h15-16,29-31H,5-14,17-28H2,1-4H3,(H2-,36,37,38,39,40,41)/b16-15+. The van der Waals surface area contributed by atoms with E-state index in [9.17, 15) is 29.7 Å². The van der Waals surface area contributed by atoms with Crippen molar-refractivity contribution in [3.8, 4) is 0 Å². The minimum Gasteiger partial charge on any atom is -0.550 e. The van der Waals surface area contributed by atoms with Crippen molar-refractivity contribution in [1.82, 2.24) is 0 Å². The Morgan fingerprint density at radius 2 is 0.951 bits per heavy atom. The van der Waals surface area contributed by atoms with Crippen LogP contribution in [0.5, 0.6) is 0 Å². The van der Waals surface area contributed by atoms with Gasteiger partial charge in [-0.3, -0.25) is 9.59 Å². The van der Waals surface area contributed by atoms with Gasteiger partial charge in [0, 0.05) is 31.1 Å². The van der Waals surface area contributed by atoms with Crippen molar-refractivity contribution < 1.29 is 34.2 Å². The Morgan fingerprint density at radius 1 is 0.585 bits per heavy atom. The summed E-state index contributed by atoms with van der Waals surface area (Å²) in [6.45, 7) is 9.93. The molecule has 0 aromatic heterocycles.